The quantitative estimate of drug-likeness (QED) is 0.771. The van der Waals surface area contributed by atoms with Crippen molar-refractivity contribution in [1.82, 2.24) is 0 Å². The predicted molar refractivity (Wildman–Crippen MR) is 93.3 cm³/mol. The number of fused-ring (bicyclic) bond motifs is 5. The van der Waals surface area contributed by atoms with E-state index in [0.29, 0.717) is 29.5 Å². The molecule has 0 bridgehead atoms. The normalized spacial score (nSPS) is 57.0. The summed E-state index contributed by atoms with van der Waals surface area (Å²) in [7, 11) is 0. The standard InChI is InChI=1S/C21H34O3/c1-12(22)16-6-7-17-15-5-4-13-10-14(23)8-9-20(13,2)19(15)18(24)11-21(16,17)3/h13-19,23-24H,4-11H2,1-3H3/t13-,14-,15+,16+,17-,18-,19-,20+,21+/m1/s1. The number of rotatable bonds is 1. The van der Waals surface area contributed by atoms with E-state index < -0.39 is 0 Å². The van der Waals surface area contributed by atoms with Crippen LogP contribution in [0.2, 0.25) is 0 Å². The Labute approximate surface area is 146 Å². The summed E-state index contributed by atoms with van der Waals surface area (Å²) in [6.45, 7) is 6.43. The van der Waals surface area contributed by atoms with E-state index in [4.69, 9.17) is 0 Å². The molecule has 2 N–H and O–H groups in total. The molecule has 3 heteroatoms. The van der Waals surface area contributed by atoms with E-state index in [1.165, 1.54) is 12.8 Å². The number of hydrogen-bond donors (Lipinski definition) is 2. The third kappa shape index (κ3) is 2.19. The number of hydrogen-bond acceptors (Lipinski definition) is 3. The Morgan fingerprint density at radius 3 is 2.46 bits per heavy atom. The average Bonchev–Trinajstić information content (AvgIpc) is 2.84. The molecule has 4 aliphatic carbocycles. The summed E-state index contributed by atoms with van der Waals surface area (Å²) in [4.78, 5) is 12.2. The zero-order chi connectivity index (χ0) is 17.3. The van der Waals surface area contributed by atoms with E-state index in [-0.39, 0.29) is 29.0 Å². The van der Waals surface area contributed by atoms with Crippen LogP contribution < -0.4 is 0 Å². The maximum Gasteiger partial charge on any atom is 0.133 e. The second-order valence-electron chi connectivity index (χ2n) is 10.0. The molecule has 136 valence electrons. The highest BCUT2D eigenvalue weighted by Crippen LogP contribution is 2.67. The van der Waals surface area contributed by atoms with Crippen LogP contribution >= 0.6 is 0 Å². The molecule has 4 aliphatic rings. The first-order chi connectivity index (χ1) is 11.3. The van der Waals surface area contributed by atoms with E-state index in [1.54, 1.807) is 6.92 Å². The van der Waals surface area contributed by atoms with Crippen LogP contribution in [0.4, 0.5) is 0 Å². The van der Waals surface area contributed by atoms with E-state index >= 15 is 0 Å². The SMILES string of the molecule is CC(=O)[C@@H]1CC[C@@H]2[C@@H]3CC[C@@H]4C[C@H](O)CC[C@]4(C)[C@H]3[C@H](O)C[C@]21C. The van der Waals surface area contributed by atoms with Crippen LogP contribution in [0.1, 0.15) is 72.1 Å². The summed E-state index contributed by atoms with van der Waals surface area (Å²) < 4.78 is 0. The third-order valence-electron chi connectivity index (χ3n) is 9.06. The Morgan fingerprint density at radius 2 is 1.75 bits per heavy atom. The molecule has 4 saturated carbocycles. The van der Waals surface area contributed by atoms with Crippen molar-refractivity contribution in [2.24, 2.45) is 40.4 Å². The summed E-state index contributed by atoms with van der Waals surface area (Å²) in [6.07, 6.45) is 7.80. The van der Waals surface area contributed by atoms with Gasteiger partial charge in [-0.15, -0.1) is 0 Å². The molecule has 4 rings (SSSR count). The van der Waals surface area contributed by atoms with Gasteiger partial charge < -0.3 is 10.2 Å². The fourth-order valence-corrected chi connectivity index (χ4v) is 8.03. The van der Waals surface area contributed by atoms with Crippen LogP contribution in [-0.4, -0.2) is 28.2 Å². The van der Waals surface area contributed by atoms with Crippen LogP contribution in [0.15, 0.2) is 0 Å². The number of ketones is 1. The molecule has 0 radical (unpaired) electrons. The maximum absolute atomic E-state index is 12.2. The van der Waals surface area contributed by atoms with Gasteiger partial charge in [0, 0.05) is 5.92 Å². The number of aliphatic hydroxyl groups is 2. The van der Waals surface area contributed by atoms with Crippen LogP contribution in [-0.2, 0) is 4.79 Å². The van der Waals surface area contributed by atoms with Gasteiger partial charge in [0.2, 0.25) is 0 Å². The molecule has 0 unspecified atom stereocenters. The summed E-state index contributed by atoms with van der Waals surface area (Å²) >= 11 is 0. The molecule has 9 atom stereocenters. The summed E-state index contributed by atoms with van der Waals surface area (Å²) in [6, 6.07) is 0. The van der Waals surface area contributed by atoms with Gasteiger partial charge in [0.1, 0.15) is 5.78 Å². The van der Waals surface area contributed by atoms with Gasteiger partial charge in [-0.3, -0.25) is 4.79 Å². The highest BCUT2D eigenvalue weighted by molar-refractivity contribution is 5.79. The van der Waals surface area contributed by atoms with Crippen molar-refractivity contribution in [1.29, 1.82) is 0 Å². The number of carbonyl (C=O) groups excluding carboxylic acids is 1. The van der Waals surface area contributed by atoms with Gasteiger partial charge in [0.15, 0.2) is 0 Å². The van der Waals surface area contributed by atoms with Crippen molar-refractivity contribution in [3.05, 3.63) is 0 Å². The monoisotopic (exact) mass is 334 g/mol. The van der Waals surface area contributed by atoms with Crippen molar-refractivity contribution < 1.29 is 15.0 Å². The fourth-order valence-electron chi connectivity index (χ4n) is 8.03. The van der Waals surface area contributed by atoms with E-state index in [1.807, 2.05) is 0 Å². The topological polar surface area (TPSA) is 57.5 Å². The molecular weight excluding hydrogens is 300 g/mol. The lowest BCUT2D eigenvalue weighted by Crippen LogP contribution is -2.59. The minimum atomic E-state index is -0.278. The average molecular weight is 335 g/mol. The zero-order valence-electron chi connectivity index (χ0n) is 15.5. The van der Waals surface area contributed by atoms with Crippen molar-refractivity contribution in [3.63, 3.8) is 0 Å². The molecular formula is C21H34O3. The van der Waals surface area contributed by atoms with E-state index in [9.17, 15) is 15.0 Å². The molecule has 3 nitrogen and oxygen atoms in total. The summed E-state index contributed by atoms with van der Waals surface area (Å²) in [5.74, 6) is 2.58. The highest BCUT2D eigenvalue weighted by atomic mass is 16.3. The van der Waals surface area contributed by atoms with Crippen molar-refractivity contribution in [2.45, 2.75) is 84.3 Å². The number of Topliss-reactive ketones (excluding diaryl/α,β-unsaturated/α-hetero) is 1. The van der Waals surface area contributed by atoms with Gasteiger partial charge in [-0.05, 0) is 92.8 Å². The molecule has 0 aromatic carbocycles. The third-order valence-corrected chi connectivity index (χ3v) is 9.06. The molecule has 0 aromatic heterocycles. The molecule has 0 amide bonds. The largest absolute Gasteiger partial charge is 0.393 e. The highest BCUT2D eigenvalue weighted by Gasteiger charge is 2.63. The lowest BCUT2D eigenvalue weighted by molar-refractivity contribution is -0.178. The molecule has 24 heavy (non-hydrogen) atoms. The van der Waals surface area contributed by atoms with Gasteiger partial charge in [0.05, 0.1) is 12.2 Å². The van der Waals surface area contributed by atoms with Gasteiger partial charge in [-0.25, -0.2) is 0 Å². The van der Waals surface area contributed by atoms with E-state index in [2.05, 4.69) is 13.8 Å². The molecule has 0 saturated heterocycles. The lowest BCUT2D eigenvalue weighted by atomic mass is 9.44. The number of aliphatic hydroxyl groups excluding tert-OH is 2. The smallest absolute Gasteiger partial charge is 0.133 e. The minimum absolute atomic E-state index is 0.00376. The predicted octanol–water partition coefficient (Wildman–Crippen LogP) is 3.57. The van der Waals surface area contributed by atoms with Crippen LogP contribution in [0.25, 0.3) is 0 Å². The lowest BCUT2D eigenvalue weighted by Gasteiger charge is -2.62. The second-order valence-corrected chi connectivity index (χ2v) is 10.0. The Kier molecular flexibility index (Phi) is 3.93. The summed E-state index contributed by atoms with van der Waals surface area (Å²) in [5.41, 5.74) is 0.182. The van der Waals surface area contributed by atoms with Gasteiger partial charge in [0.25, 0.3) is 0 Å². The van der Waals surface area contributed by atoms with Gasteiger partial charge in [-0.1, -0.05) is 13.8 Å². The van der Waals surface area contributed by atoms with Crippen LogP contribution in [0, 0.1) is 40.4 Å². The minimum Gasteiger partial charge on any atom is -0.393 e. The van der Waals surface area contributed by atoms with Crippen molar-refractivity contribution in [2.75, 3.05) is 0 Å². The summed E-state index contributed by atoms with van der Waals surface area (Å²) in [5, 5.41) is 21.3. The van der Waals surface area contributed by atoms with Crippen LogP contribution in [0.3, 0.4) is 0 Å². The Morgan fingerprint density at radius 1 is 1.00 bits per heavy atom. The van der Waals surface area contributed by atoms with Crippen LogP contribution in [0.5, 0.6) is 0 Å². The molecule has 0 aliphatic heterocycles. The molecule has 0 spiro atoms. The van der Waals surface area contributed by atoms with Gasteiger partial charge in [-0.2, -0.15) is 0 Å². The van der Waals surface area contributed by atoms with E-state index in [0.717, 1.165) is 38.5 Å². The molecule has 0 heterocycles. The Bertz CT molecular complexity index is 531. The van der Waals surface area contributed by atoms with Gasteiger partial charge >= 0.3 is 0 Å². The molecule has 4 fully saturated rings. The Balaban J connectivity index is 1.67. The first-order valence-electron chi connectivity index (χ1n) is 10.1. The van der Waals surface area contributed by atoms with Crippen molar-refractivity contribution in [3.8, 4) is 0 Å². The Hall–Kier alpha value is -0.410. The molecule has 0 aromatic rings. The first-order valence-corrected chi connectivity index (χ1v) is 10.1. The fraction of sp³-hybridized carbons (Fsp3) is 0.952. The number of carbonyl (C=O) groups is 1. The van der Waals surface area contributed by atoms with Crippen molar-refractivity contribution >= 4 is 5.78 Å². The first kappa shape index (κ1) is 17.0. The zero-order valence-corrected chi connectivity index (χ0v) is 15.5. The second kappa shape index (κ2) is 5.54. The maximum atomic E-state index is 12.2.